The van der Waals surface area contributed by atoms with E-state index >= 15 is 0 Å². The van der Waals surface area contributed by atoms with Gasteiger partial charge in [0.25, 0.3) is 0 Å². The molecule has 0 unspecified atom stereocenters. The Morgan fingerprint density at radius 2 is 1.33 bits per heavy atom. The van der Waals surface area contributed by atoms with Gasteiger partial charge in [0.05, 0.1) is 5.56 Å². The number of nitrogens with two attached hydrogens (primary N) is 2. The van der Waals surface area contributed by atoms with E-state index in [0.717, 1.165) is 33.4 Å². The number of rotatable bonds is 5. The standard InChI is InChI=1S/C25H28N2O3/c1-13-15(3)20(26)12-21(16(13)4)29-30-25-18(6)14(2)17(5)23(27)22(25)24(28)19-10-8-7-9-11-19/h7-12H,26-27H2,1-6H3. The van der Waals surface area contributed by atoms with E-state index in [1.165, 1.54) is 0 Å². The first-order chi connectivity index (χ1) is 14.1. The van der Waals surface area contributed by atoms with Crippen molar-refractivity contribution >= 4 is 17.2 Å². The zero-order valence-electron chi connectivity index (χ0n) is 18.3. The summed E-state index contributed by atoms with van der Waals surface area (Å²) in [4.78, 5) is 24.8. The molecule has 0 amide bonds. The quantitative estimate of drug-likeness (QED) is 0.261. The van der Waals surface area contributed by atoms with Gasteiger partial charge in [0.1, 0.15) is 0 Å². The van der Waals surface area contributed by atoms with Gasteiger partial charge in [-0.2, -0.15) is 0 Å². The van der Waals surface area contributed by atoms with Gasteiger partial charge in [-0.25, -0.2) is 0 Å². The summed E-state index contributed by atoms with van der Waals surface area (Å²) in [6.45, 7) is 11.6. The first-order valence-corrected chi connectivity index (χ1v) is 9.84. The van der Waals surface area contributed by atoms with Gasteiger partial charge in [0.15, 0.2) is 17.3 Å². The van der Waals surface area contributed by atoms with Crippen LogP contribution < -0.4 is 21.2 Å². The van der Waals surface area contributed by atoms with Crippen molar-refractivity contribution in [3.05, 3.63) is 80.9 Å². The molecule has 30 heavy (non-hydrogen) atoms. The molecule has 0 heterocycles. The highest BCUT2D eigenvalue weighted by Crippen LogP contribution is 2.38. The Hall–Kier alpha value is -3.47. The largest absolute Gasteiger partial charge is 0.398 e. The van der Waals surface area contributed by atoms with Gasteiger partial charge in [-0.05, 0) is 69.4 Å². The molecule has 0 spiro atoms. The maximum atomic E-state index is 13.3. The second-order valence-corrected chi connectivity index (χ2v) is 7.69. The SMILES string of the molecule is Cc1c(N)cc(OOc2c(C)c(C)c(C)c(N)c2C(=O)c2ccccc2)c(C)c1C. The van der Waals surface area contributed by atoms with Gasteiger partial charge >= 0.3 is 0 Å². The predicted molar refractivity (Wildman–Crippen MR) is 121 cm³/mol. The normalized spacial score (nSPS) is 10.7. The van der Waals surface area contributed by atoms with Crippen LogP contribution >= 0.6 is 0 Å². The molecule has 3 aromatic carbocycles. The first kappa shape index (κ1) is 21.2. The van der Waals surface area contributed by atoms with Crippen molar-refractivity contribution < 1.29 is 14.6 Å². The minimum Gasteiger partial charge on any atom is -0.398 e. The number of ketones is 1. The second kappa shape index (κ2) is 8.11. The number of hydrogen-bond acceptors (Lipinski definition) is 5. The molecule has 0 aliphatic heterocycles. The van der Waals surface area contributed by atoms with E-state index in [-0.39, 0.29) is 5.78 Å². The van der Waals surface area contributed by atoms with Crippen molar-refractivity contribution in [3.8, 4) is 11.5 Å². The Labute approximate surface area is 177 Å². The zero-order chi connectivity index (χ0) is 22.2. The molecule has 0 atom stereocenters. The summed E-state index contributed by atoms with van der Waals surface area (Å²) in [5, 5.41) is 0. The Kier molecular flexibility index (Phi) is 5.74. The zero-order valence-corrected chi connectivity index (χ0v) is 18.3. The van der Waals surface area contributed by atoms with Crippen LogP contribution in [-0.4, -0.2) is 5.78 Å². The van der Waals surface area contributed by atoms with Crippen molar-refractivity contribution in [2.45, 2.75) is 41.5 Å². The van der Waals surface area contributed by atoms with E-state index in [2.05, 4.69) is 0 Å². The minimum absolute atomic E-state index is 0.214. The summed E-state index contributed by atoms with van der Waals surface area (Å²) in [6, 6.07) is 10.7. The van der Waals surface area contributed by atoms with Crippen LogP contribution in [0.15, 0.2) is 36.4 Å². The molecule has 156 valence electrons. The molecule has 0 saturated carbocycles. The lowest BCUT2D eigenvalue weighted by atomic mass is 9.92. The first-order valence-electron chi connectivity index (χ1n) is 9.84. The van der Waals surface area contributed by atoms with Gasteiger partial charge in [0, 0.05) is 28.6 Å². The fourth-order valence-corrected chi connectivity index (χ4v) is 3.43. The van der Waals surface area contributed by atoms with Gasteiger partial charge in [0.2, 0.25) is 0 Å². The lowest BCUT2D eigenvalue weighted by Crippen LogP contribution is -2.15. The Morgan fingerprint density at radius 1 is 0.733 bits per heavy atom. The van der Waals surface area contributed by atoms with Gasteiger partial charge < -0.3 is 11.5 Å². The van der Waals surface area contributed by atoms with Crippen molar-refractivity contribution in [1.82, 2.24) is 0 Å². The Bertz CT molecular complexity index is 1140. The topological polar surface area (TPSA) is 87.6 Å². The van der Waals surface area contributed by atoms with Crippen LogP contribution in [-0.2, 0) is 0 Å². The molecule has 0 aliphatic carbocycles. The maximum Gasteiger partial charge on any atom is 0.199 e. The van der Waals surface area contributed by atoms with Crippen LogP contribution in [0.5, 0.6) is 11.5 Å². The van der Waals surface area contributed by atoms with E-state index in [9.17, 15) is 4.79 Å². The summed E-state index contributed by atoms with van der Waals surface area (Å²) in [7, 11) is 0. The highest BCUT2D eigenvalue weighted by Gasteiger charge is 2.25. The predicted octanol–water partition coefficient (Wildman–Crippen LogP) is 5.31. The van der Waals surface area contributed by atoms with Gasteiger partial charge in [-0.15, -0.1) is 0 Å². The van der Waals surface area contributed by atoms with Crippen LogP contribution in [0.2, 0.25) is 0 Å². The number of hydrogen-bond donors (Lipinski definition) is 2. The summed E-state index contributed by atoms with van der Waals surface area (Å²) < 4.78 is 0. The van der Waals surface area contributed by atoms with Gasteiger partial charge in [-0.1, -0.05) is 30.3 Å². The van der Waals surface area contributed by atoms with Crippen LogP contribution in [0.3, 0.4) is 0 Å². The second-order valence-electron chi connectivity index (χ2n) is 7.69. The molecule has 4 N–H and O–H groups in total. The average Bonchev–Trinajstić information content (AvgIpc) is 2.75. The molecule has 0 aromatic heterocycles. The van der Waals surface area contributed by atoms with Crippen LogP contribution in [0.1, 0.15) is 49.3 Å². The third kappa shape index (κ3) is 3.59. The van der Waals surface area contributed by atoms with Crippen LogP contribution in [0.4, 0.5) is 11.4 Å². The number of anilines is 2. The van der Waals surface area contributed by atoms with E-state index in [0.29, 0.717) is 34.0 Å². The monoisotopic (exact) mass is 404 g/mol. The van der Waals surface area contributed by atoms with E-state index in [1.807, 2.05) is 59.7 Å². The van der Waals surface area contributed by atoms with E-state index in [4.69, 9.17) is 21.2 Å². The van der Waals surface area contributed by atoms with Gasteiger partial charge in [-0.3, -0.25) is 14.6 Å². The lowest BCUT2D eigenvalue weighted by Gasteiger charge is -2.20. The highest BCUT2D eigenvalue weighted by atomic mass is 17.2. The molecule has 0 aliphatic rings. The fraction of sp³-hybridized carbons (Fsp3) is 0.240. The Balaban J connectivity index is 2.10. The molecule has 0 bridgehead atoms. The summed E-state index contributed by atoms with van der Waals surface area (Å²) >= 11 is 0. The lowest BCUT2D eigenvalue weighted by molar-refractivity contribution is -0.101. The fourth-order valence-electron chi connectivity index (χ4n) is 3.43. The molecule has 3 rings (SSSR count). The number of benzene rings is 3. The molecule has 0 radical (unpaired) electrons. The maximum absolute atomic E-state index is 13.3. The summed E-state index contributed by atoms with van der Waals surface area (Å²) in [5.74, 6) is 0.611. The Morgan fingerprint density at radius 3 is 1.97 bits per heavy atom. The third-order valence-corrected chi connectivity index (χ3v) is 6.06. The minimum atomic E-state index is -0.214. The molecule has 0 saturated heterocycles. The molecule has 5 nitrogen and oxygen atoms in total. The molecular weight excluding hydrogens is 376 g/mol. The molecule has 5 heteroatoms. The average molecular weight is 405 g/mol. The van der Waals surface area contributed by atoms with Crippen molar-refractivity contribution in [2.24, 2.45) is 0 Å². The van der Waals surface area contributed by atoms with Crippen LogP contribution in [0, 0.1) is 41.5 Å². The molecule has 0 fully saturated rings. The van der Waals surface area contributed by atoms with Crippen LogP contribution in [0.25, 0.3) is 0 Å². The van der Waals surface area contributed by atoms with Crippen molar-refractivity contribution in [3.63, 3.8) is 0 Å². The molecule has 3 aromatic rings. The summed E-state index contributed by atoms with van der Waals surface area (Å²) in [6.07, 6.45) is 0. The van der Waals surface area contributed by atoms with Crippen molar-refractivity contribution in [1.29, 1.82) is 0 Å². The van der Waals surface area contributed by atoms with E-state index < -0.39 is 0 Å². The van der Waals surface area contributed by atoms with Crippen molar-refractivity contribution in [2.75, 3.05) is 11.5 Å². The number of carbonyl (C=O) groups excluding carboxylic acids is 1. The smallest absolute Gasteiger partial charge is 0.199 e. The molecular formula is C25H28N2O3. The summed E-state index contributed by atoms with van der Waals surface area (Å²) in [5.41, 5.74) is 19.9. The number of carbonyl (C=O) groups is 1. The number of nitrogen functional groups attached to an aromatic ring is 2. The van der Waals surface area contributed by atoms with E-state index in [1.54, 1.807) is 18.2 Å². The highest BCUT2D eigenvalue weighted by molar-refractivity contribution is 6.14. The third-order valence-electron chi connectivity index (χ3n) is 6.06.